The minimum Gasteiger partial charge on any atom is -0.488 e. The Morgan fingerprint density at radius 2 is 1.92 bits per heavy atom. The zero-order valence-corrected chi connectivity index (χ0v) is 14.0. The lowest BCUT2D eigenvalue weighted by Gasteiger charge is -2.29. The first-order valence-electron chi connectivity index (χ1n) is 8.33. The Bertz CT molecular complexity index is 883. The lowest BCUT2D eigenvalue weighted by molar-refractivity contribution is -0.144. The van der Waals surface area contributed by atoms with Crippen LogP contribution >= 0.6 is 0 Å². The van der Waals surface area contributed by atoms with Crippen LogP contribution in [0.15, 0.2) is 33.5 Å². The predicted octanol–water partition coefficient (Wildman–Crippen LogP) is 3.17. The van der Waals surface area contributed by atoms with Crippen molar-refractivity contribution in [1.82, 2.24) is 0 Å². The Labute approximate surface area is 139 Å². The molecule has 1 unspecified atom stereocenters. The monoisotopic (exact) mass is 328 g/mol. The average Bonchev–Trinajstić information content (AvgIpc) is 2.97. The summed E-state index contributed by atoms with van der Waals surface area (Å²) in [4.78, 5) is 24.3. The van der Waals surface area contributed by atoms with Gasteiger partial charge in [0.1, 0.15) is 23.5 Å². The Hall–Kier alpha value is -2.30. The van der Waals surface area contributed by atoms with Crippen molar-refractivity contribution < 1.29 is 18.7 Å². The van der Waals surface area contributed by atoms with E-state index in [1.807, 2.05) is 39.0 Å². The van der Waals surface area contributed by atoms with Crippen LogP contribution in [0.25, 0.3) is 11.0 Å². The second-order valence-corrected chi connectivity index (χ2v) is 7.17. The van der Waals surface area contributed by atoms with E-state index >= 15 is 0 Å². The molecule has 3 heterocycles. The maximum atomic E-state index is 12.6. The molecule has 2 aliphatic heterocycles. The van der Waals surface area contributed by atoms with Crippen molar-refractivity contribution in [2.24, 2.45) is 5.92 Å². The smallest absolute Gasteiger partial charge is 0.343 e. The fraction of sp³-hybridized carbons (Fsp3) is 0.474. The molecule has 1 aromatic heterocycles. The summed E-state index contributed by atoms with van der Waals surface area (Å²) in [6, 6.07) is 7.38. The molecule has 4 atom stereocenters. The van der Waals surface area contributed by atoms with Crippen molar-refractivity contribution in [1.29, 1.82) is 0 Å². The molecule has 5 nitrogen and oxygen atoms in total. The fourth-order valence-corrected chi connectivity index (χ4v) is 3.93. The molecule has 126 valence electrons. The van der Waals surface area contributed by atoms with E-state index in [0.29, 0.717) is 29.7 Å². The highest BCUT2D eigenvalue weighted by atomic mass is 16.6. The third-order valence-corrected chi connectivity index (χ3v) is 5.48. The van der Waals surface area contributed by atoms with Gasteiger partial charge in [-0.2, -0.15) is 0 Å². The lowest BCUT2D eigenvalue weighted by Crippen LogP contribution is -2.39. The fourth-order valence-electron chi connectivity index (χ4n) is 3.93. The van der Waals surface area contributed by atoms with E-state index in [2.05, 4.69) is 0 Å². The van der Waals surface area contributed by atoms with Crippen LogP contribution < -0.4 is 10.4 Å². The molecule has 5 heteroatoms. The molecule has 0 radical (unpaired) electrons. The number of para-hydroxylation sites is 1. The second kappa shape index (κ2) is 5.10. The highest BCUT2D eigenvalue weighted by Crippen LogP contribution is 2.48. The van der Waals surface area contributed by atoms with Gasteiger partial charge in [0.25, 0.3) is 0 Å². The Morgan fingerprint density at radius 1 is 1.17 bits per heavy atom. The van der Waals surface area contributed by atoms with Crippen LogP contribution in [-0.2, 0) is 14.9 Å². The van der Waals surface area contributed by atoms with Gasteiger partial charge in [0.2, 0.25) is 0 Å². The standard InChI is InChI=1S/C19H20O5/c1-10-8-12(23-17(10)20)9-19(3)11(2)22-16-13-6-4-5-7-14(13)24-18(21)15(16)19/h4-7,10-12H,8-9H2,1-3H3/t10-,11+,12?,19-/m0/s1. The minimum atomic E-state index is -0.547. The maximum absolute atomic E-state index is 12.6. The summed E-state index contributed by atoms with van der Waals surface area (Å²) in [7, 11) is 0. The van der Waals surface area contributed by atoms with Crippen LogP contribution in [0, 0.1) is 5.92 Å². The van der Waals surface area contributed by atoms with Gasteiger partial charge >= 0.3 is 11.6 Å². The van der Waals surface area contributed by atoms with Crippen molar-refractivity contribution in [3.8, 4) is 5.75 Å². The van der Waals surface area contributed by atoms with Gasteiger partial charge in [0.15, 0.2) is 0 Å². The Kier molecular flexibility index (Phi) is 3.24. The van der Waals surface area contributed by atoms with Crippen LogP contribution in [-0.4, -0.2) is 18.2 Å². The normalized spacial score (nSPS) is 31.8. The molecule has 2 aliphatic rings. The quantitative estimate of drug-likeness (QED) is 0.626. The lowest BCUT2D eigenvalue weighted by atomic mass is 9.75. The Balaban J connectivity index is 1.81. The first-order chi connectivity index (χ1) is 11.4. The van der Waals surface area contributed by atoms with Gasteiger partial charge in [0, 0.05) is 5.41 Å². The van der Waals surface area contributed by atoms with E-state index in [1.54, 1.807) is 6.07 Å². The highest BCUT2D eigenvalue weighted by molar-refractivity contribution is 5.85. The molecule has 0 bridgehead atoms. The van der Waals surface area contributed by atoms with Crippen LogP contribution in [0.3, 0.4) is 0 Å². The van der Waals surface area contributed by atoms with Gasteiger partial charge in [-0.05, 0) is 31.9 Å². The molecular weight excluding hydrogens is 308 g/mol. The molecule has 1 saturated heterocycles. The van der Waals surface area contributed by atoms with Crippen molar-refractivity contribution in [3.05, 3.63) is 40.2 Å². The number of hydrogen-bond acceptors (Lipinski definition) is 5. The van der Waals surface area contributed by atoms with Gasteiger partial charge in [-0.1, -0.05) is 26.0 Å². The van der Waals surface area contributed by atoms with Gasteiger partial charge in [0.05, 0.1) is 16.9 Å². The van der Waals surface area contributed by atoms with E-state index in [4.69, 9.17) is 13.9 Å². The molecule has 0 amide bonds. The number of carbonyl (C=O) groups is 1. The van der Waals surface area contributed by atoms with Crippen molar-refractivity contribution in [2.45, 2.75) is 51.2 Å². The summed E-state index contributed by atoms with van der Waals surface area (Å²) in [5.41, 5.74) is 0.172. The molecule has 0 spiro atoms. The van der Waals surface area contributed by atoms with Crippen LogP contribution in [0.2, 0.25) is 0 Å². The van der Waals surface area contributed by atoms with E-state index < -0.39 is 5.41 Å². The summed E-state index contributed by atoms with van der Waals surface area (Å²) in [5.74, 6) is 0.346. The summed E-state index contributed by atoms with van der Waals surface area (Å²) in [6.07, 6.45) is 0.839. The number of hydrogen-bond donors (Lipinski definition) is 0. The molecule has 0 aliphatic carbocycles. The average molecular weight is 328 g/mol. The number of carbonyl (C=O) groups excluding carboxylic acids is 1. The number of esters is 1. The van der Waals surface area contributed by atoms with Crippen LogP contribution in [0.5, 0.6) is 5.75 Å². The molecule has 24 heavy (non-hydrogen) atoms. The number of rotatable bonds is 2. The highest BCUT2D eigenvalue weighted by Gasteiger charge is 2.49. The molecule has 1 aromatic carbocycles. The zero-order valence-electron chi connectivity index (χ0n) is 14.0. The molecule has 4 rings (SSSR count). The van der Waals surface area contributed by atoms with E-state index in [1.165, 1.54) is 0 Å². The molecule has 1 fully saturated rings. The summed E-state index contributed by atoms with van der Waals surface area (Å²) < 4.78 is 17.1. The third-order valence-electron chi connectivity index (χ3n) is 5.48. The van der Waals surface area contributed by atoms with Crippen LogP contribution in [0.4, 0.5) is 0 Å². The van der Waals surface area contributed by atoms with Crippen molar-refractivity contribution in [3.63, 3.8) is 0 Å². The van der Waals surface area contributed by atoms with E-state index in [-0.39, 0.29) is 29.7 Å². The zero-order chi connectivity index (χ0) is 17.1. The van der Waals surface area contributed by atoms with E-state index in [9.17, 15) is 9.59 Å². The number of fused-ring (bicyclic) bond motifs is 3. The summed E-state index contributed by atoms with van der Waals surface area (Å²) in [6.45, 7) is 5.81. The Morgan fingerprint density at radius 3 is 2.62 bits per heavy atom. The first kappa shape index (κ1) is 15.2. The maximum Gasteiger partial charge on any atom is 0.343 e. The van der Waals surface area contributed by atoms with E-state index in [0.717, 1.165) is 5.39 Å². The van der Waals surface area contributed by atoms with Gasteiger partial charge in [-0.25, -0.2) is 4.79 Å². The number of benzene rings is 1. The summed E-state index contributed by atoms with van der Waals surface area (Å²) in [5, 5.41) is 0.805. The van der Waals surface area contributed by atoms with Gasteiger partial charge < -0.3 is 13.9 Å². The molecular formula is C19H20O5. The molecule has 2 aromatic rings. The number of cyclic esters (lactones) is 1. The topological polar surface area (TPSA) is 65.7 Å². The first-order valence-corrected chi connectivity index (χ1v) is 8.33. The van der Waals surface area contributed by atoms with Crippen LogP contribution in [0.1, 0.15) is 39.2 Å². The predicted molar refractivity (Wildman–Crippen MR) is 88.2 cm³/mol. The minimum absolute atomic E-state index is 0.0938. The van der Waals surface area contributed by atoms with Gasteiger partial charge in [-0.15, -0.1) is 0 Å². The summed E-state index contributed by atoms with van der Waals surface area (Å²) >= 11 is 0. The second-order valence-electron chi connectivity index (χ2n) is 7.17. The number of ether oxygens (including phenoxy) is 2. The largest absolute Gasteiger partial charge is 0.488 e. The third kappa shape index (κ3) is 2.07. The molecule has 0 saturated carbocycles. The van der Waals surface area contributed by atoms with Crippen molar-refractivity contribution in [2.75, 3.05) is 0 Å². The molecule has 0 N–H and O–H groups in total. The SMILES string of the molecule is C[C@H]1CC(C[C@]2(C)c3c(c4ccccc4oc3=O)O[C@@H]2C)OC1=O. The van der Waals surface area contributed by atoms with Gasteiger partial charge in [-0.3, -0.25) is 4.79 Å². The van der Waals surface area contributed by atoms with Crippen molar-refractivity contribution >= 4 is 16.9 Å².